The van der Waals surface area contributed by atoms with E-state index in [0.29, 0.717) is 18.2 Å². The first-order chi connectivity index (χ1) is 14.5. The number of carbonyl (C=O) groups is 1. The van der Waals surface area contributed by atoms with Gasteiger partial charge in [0.1, 0.15) is 16.3 Å². The first kappa shape index (κ1) is 41.8. The third-order valence-electron chi connectivity index (χ3n) is 3.72. The van der Waals surface area contributed by atoms with Crippen LogP contribution in [0.4, 0.5) is 11.5 Å². The van der Waals surface area contributed by atoms with Gasteiger partial charge in [-0.2, -0.15) is 16.8 Å². The number of carbonyl (C=O) groups excluding carboxylic acids is 1. The molecule has 15 nitrogen and oxygen atoms in total. The van der Waals surface area contributed by atoms with Gasteiger partial charge in [0, 0.05) is 5.56 Å². The zero-order chi connectivity index (χ0) is 24.5. The quantitative estimate of drug-likeness (QED) is 0.0619. The van der Waals surface area contributed by atoms with Crippen molar-refractivity contribution in [1.82, 2.24) is 4.98 Å². The van der Waals surface area contributed by atoms with E-state index >= 15 is 0 Å². The molecule has 2 aromatic rings. The maximum absolute atomic E-state index is 11.5. The second-order valence-electron chi connectivity index (χ2n) is 5.92. The number of nitrogens with zero attached hydrogens (tertiary/aromatic N) is 3. The second kappa shape index (κ2) is 16.6. The summed E-state index contributed by atoms with van der Waals surface area (Å²) < 4.78 is 79.5. The molecule has 22 heteroatoms. The molecule has 0 amide bonds. The summed E-state index contributed by atoms with van der Waals surface area (Å²) in [7, 11) is -14.8. The number of aromatic hydroxyl groups is 1. The van der Waals surface area contributed by atoms with Crippen LogP contribution in [-0.4, -0.2) is 52.1 Å². The molecule has 5 N–H and O–H groups in total. The van der Waals surface area contributed by atoms with E-state index in [1.807, 2.05) is 0 Å². The van der Waals surface area contributed by atoms with Gasteiger partial charge in [0.05, 0.1) is 22.8 Å². The molecular weight excluding hydrogens is 589 g/mol. The van der Waals surface area contributed by atoms with E-state index in [4.69, 9.17) is 14.3 Å². The van der Waals surface area contributed by atoms with Crippen molar-refractivity contribution in [2.24, 2.45) is 10.2 Å². The number of azo groups is 1. The van der Waals surface area contributed by atoms with Crippen LogP contribution in [0.25, 0.3) is 0 Å². The number of pyridine rings is 1. The van der Waals surface area contributed by atoms with Crippen molar-refractivity contribution in [2.75, 3.05) is 0 Å². The summed E-state index contributed by atoms with van der Waals surface area (Å²) in [5.74, 6) is -1.22. The van der Waals surface area contributed by atoms with Crippen molar-refractivity contribution in [3.05, 3.63) is 35.0 Å². The molecule has 36 heavy (non-hydrogen) atoms. The van der Waals surface area contributed by atoms with Crippen LogP contribution < -0.4 is 118 Å². The standard InChI is InChI=1S/C14H14N3O12PS2.4Na/c1-7-13(19)9(5-18)10(6-29-30(20,21)22)14(15-7)17-16-11-4-8(31(23,24)25)2-3-12(11)32(26,27)28;;;;/h2-5,19H,6H2,1H3,(H2,20,21,22)(H,23,24,25)(H,26,27,28);;;;/q;4*+1. The van der Waals surface area contributed by atoms with Gasteiger partial charge < -0.3 is 14.9 Å². The number of phosphoric acid groups is 1. The SMILES string of the molecule is Cc1nc(N=Nc2cc(S(=O)(=O)O)ccc2S(=O)(=O)O)c(COP(=O)(O)O)c(C=O)c1O.[Na+].[Na+].[Na+].[Na+]. The number of benzene rings is 1. The number of hydrogen-bond donors (Lipinski definition) is 5. The molecule has 0 fully saturated rings. The Morgan fingerprint density at radius 3 is 2.03 bits per heavy atom. The molecule has 1 aromatic carbocycles. The first-order valence-corrected chi connectivity index (χ1v) is 12.3. The largest absolute Gasteiger partial charge is 1.00 e. The van der Waals surface area contributed by atoms with Crippen molar-refractivity contribution in [3.8, 4) is 5.75 Å². The Bertz CT molecular complexity index is 1380. The van der Waals surface area contributed by atoms with Gasteiger partial charge in [-0.25, -0.2) is 9.55 Å². The molecule has 174 valence electrons. The number of hydrogen-bond acceptors (Lipinski definition) is 11. The van der Waals surface area contributed by atoms with Gasteiger partial charge in [-0.1, -0.05) is 0 Å². The fourth-order valence-corrected chi connectivity index (χ4v) is 3.70. The maximum Gasteiger partial charge on any atom is 1.00 e. The molecule has 0 spiro atoms. The Morgan fingerprint density at radius 2 is 1.58 bits per heavy atom. The van der Waals surface area contributed by atoms with E-state index in [2.05, 4.69) is 19.7 Å². The first-order valence-electron chi connectivity index (χ1n) is 7.93. The number of aromatic nitrogens is 1. The third kappa shape index (κ3) is 11.9. The second-order valence-corrected chi connectivity index (χ2v) is 9.97. The fraction of sp³-hybridized carbons (Fsp3) is 0.143. The van der Waals surface area contributed by atoms with Gasteiger partial charge in [-0.05, 0) is 25.1 Å². The molecule has 0 radical (unpaired) electrons. The number of aldehydes is 1. The maximum atomic E-state index is 11.5. The molecule has 0 saturated carbocycles. The van der Waals surface area contributed by atoms with Crippen LogP contribution in [0.3, 0.4) is 0 Å². The molecule has 0 saturated heterocycles. The monoisotopic (exact) mass is 603 g/mol. The molecule has 0 unspecified atom stereocenters. The van der Waals surface area contributed by atoms with Crippen LogP contribution in [0.15, 0.2) is 38.2 Å². The Kier molecular flexibility index (Phi) is 19.3. The van der Waals surface area contributed by atoms with Crippen molar-refractivity contribution in [3.63, 3.8) is 0 Å². The Morgan fingerprint density at radius 1 is 1.03 bits per heavy atom. The van der Waals surface area contributed by atoms with Gasteiger partial charge in [0.2, 0.25) is 0 Å². The predicted molar refractivity (Wildman–Crippen MR) is 103 cm³/mol. The predicted octanol–water partition coefficient (Wildman–Crippen LogP) is -10.6. The van der Waals surface area contributed by atoms with Crippen LogP contribution in [0.2, 0.25) is 0 Å². The van der Waals surface area contributed by atoms with E-state index in [1.165, 1.54) is 6.92 Å². The molecule has 1 heterocycles. The van der Waals surface area contributed by atoms with Crippen LogP contribution in [0.5, 0.6) is 5.75 Å². The summed E-state index contributed by atoms with van der Waals surface area (Å²) in [5.41, 5.74) is -1.91. The van der Waals surface area contributed by atoms with Gasteiger partial charge in [0.25, 0.3) is 20.2 Å². The Hall–Kier alpha value is 1.37. The number of aryl methyl sites for hydroxylation is 1. The van der Waals surface area contributed by atoms with E-state index in [9.17, 15) is 35.9 Å². The Balaban J connectivity index is -0.00000272. The summed E-state index contributed by atoms with van der Waals surface area (Å²) in [4.78, 5) is 31.2. The minimum Gasteiger partial charge on any atom is -0.505 e. The van der Waals surface area contributed by atoms with Gasteiger partial charge in [-0.3, -0.25) is 18.4 Å². The number of rotatable bonds is 8. The minimum absolute atomic E-state index is 0. The normalized spacial score (nSPS) is 11.5. The van der Waals surface area contributed by atoms with Gasteiger partial charge in [-0.15, -0.1) is 10.2 Å². The summed E-state index contributed by atoms with van der Waals surface area (Å²) in [6, 6.07) is 1.85. The topological polar surface area (TPSA) is 250 Å². The average molecular weight is 603 g/mol. The zero-order valence-electron chi connectivity index (χ0n) is 19.7. The number of phosphoric ester groups is 1. The molecular formula is C14H14N3Na4O12PS2+4. The summed E-state index contributed by atoms with van der Waals surface area (Å²) in [5, 5.41) is 17.0. The van der Waals surface area contributed by atoms with Crippen LogP contribution in [-0.2, 0) is 35.9 Å². The zero-order valence-corrected chi connectivity index (χ0v) is 30.2. The Labute approximate surface area is 293 Å². The minimum atomic E-state index is -5.04. The average Bonchev–Trinajstić information content (AvgIpc) is 2.64. The van der Waals surface area contributed by atoms with Crippen molar-refractivity contribution in [2.45, 2.75) is 23.3 Å². The molecule has 0 atom stereocenters. The molecule has 1 aromatic heterocycles. The fourth-order valence-electron chi connectivity index (χ4n) is 2.29. The summed E-state index contributed by atoms with van der Waals surface area (Å²) >= 11 is 0. The molecule has 0 aliphatic heterocycles. The van der Waals surface area contributed by atoms with E-state index in [0.717, 1.165) is 0 Å². The van der Waals surface area contributed by atoms with Crippen molar-refractivity contribution >= 4 is 45.9 Å². The van der Waals surface area contributed by atoms with E-state index in [-0.39, 0.29) is 130 Å². The molecule has 0 aliphatic carbocycles. The third-order valence-corrected chi connectivity index (χ3v) is 5.94. The summed E-state index contributed by atoms with van der Waals surface area (Å²) in [6.07, 6.45) is 0.115. The molecule has 0 aliphatic rings. The smallest absolute Gasteiger partial charge is 0.505 e. The van der Waals surface area contributed by atoms with E-state index in [1.54, 1.807) is 0 Å². The van der Waals surface area contributed by atoms with Crippen LogP contribution >= 0.6 is 7.82 Å². The van der Waals surface area contributed by atoms with Crippen molar-refractivity contribution < 1.29 is 173 Å². The van der Waals surface area contributed by atoms with Crippen molar-refractivity contribution in [1.29, 1.82) is 0 Å². The van der Waals surface area contributed by atoms with E-state index < -0.39 is 72.8 Å². The summed E-state index contributed by atoms with van der Waals surface area (Å²) in [6.45, 7) is 0.251. The van der Waals surface area contributed by atoms with Gasteiger partial charge in [0.15, 0.2) is 12.1 Å². The van der Waals surface area contributed by atoms with Gasteiger partial charge >= 0.3 is 126 Å². The van der Waals surface area contributed by atoms with Crippen LogP contribution in [0.1, 0.15) is 21.6 Å². The van der Waals surface area contributed by atoms with Crippen LogP contribution in [0, 0.1) is 6.92 Å². The molecule has 2 rings (SSSR count). The molecule has 0 bridgehead atoms.